The van der Waals surface area contributed by atoms with Gasteiger partial charge in [0.2, 0.25) is 10.0 Å². The zero-order chi connectivity index (χ0) is 19.6. The first-order chi connectivity index (χ1) is 13.5. The van der Waals surface area contributed by atoms with Gasteiger partial charge in [0.05, 0.1) is 11.4 Å². The van der Waals surface area contributed by atoms with Crippen molar-refractivity contribution in [2.24, 2.45) is 0 Å². The van der Waals surface area contributed by atoms with Crippen molar-refractivity contribution < 1.29 is 17.7 Å². The lowest BCUT2D eigenvalue weighted by molar-refractivity contribution is 0.101. The SMILES string of the molecule is O=C(Nc1ccc(N2CCCCS2(=O)=O)cc1)c1cc(-c2ccccc2)on1. The second kappa shape index (κ2) is 7.47. The normalized spacial score (nSPS) is 15.9. The predicted octanol–water partition coefficient (Wildman–Crippen LogP) is 3.52. The first-order valence-corrected chi connectivity index (χ1v) is 10.6. The molecule has 1 aliphatic heterocycles. The lowest BCUT2D eigenvalue weighted by Crippen LogP contribution is -2.37. The lowest BCUT2D eigenvalue weighted by Gasteiger charge is -2.28. The molecular weight excluding hydrogens is 378 g/mol. The van der Waals surface area contributed by atoms with Crippen LogP contribution in [0.25, 0.3) is 11.3 Å². The maximum absolute atomic E-state index is 12.4. The molecule has 144 valence electrons. The van der Waals surface area contributed by atoms with Crippen molar-refractivity contribution in [3.05, 3.63) is 66.4 Å². The van der Waals surface area contributed by atoms with Crippen LogP contribution in [0.2, 0.25) is 0 Å². The first kappa shape index (κ1) is 18.2. The van der Waals surface area contributed by atoms with Crippen molar-refractivity contribution in [2.75, 3.05) is 21.9 Å². The van der Waals surface area contributed by atoms with Gasteiger partial charge in [-0.1, -0.05) is 35.5 Å². The number of nitrogens with zero attached hydrogens (tertiary/aromatic N) is 2. The number of amides is 1. The average molecular weight is 397 g/mol. The molecule has 1 N–H and O–H groups in total. The number of hydrogen-bond acceptors (Lipinski definition) is 5. The van der Waals surface area contributed by atoms with Crippen LogP contribution >= 0.6 is 0 Å². The lowest BCUT2D eigenvalue weighted by atomic mass is 10.1. The number of carbonyl (C=O) groups excluding carboxylic acids is 1. The predicted molar refractivity (Wildman–Crippen MR) is 107 cm³/mol. The summed E-state index contributed by atoms with van der Waals surface area (Å²) in [5.41, 5.74) is 2.15. The van der Waals surface area contributed by atoms with Gasteiger partial charge in [-0.3, -0.25) is 9.10 Å². The third-order valence-electron chi connectivity index (χ3n) is 4.56. The Bertz CT molecular complexity index is 1080. The van der Waals surface area contributed by atoms with E-state index in [4.69, 9.17) is 4.52 Å². The van der Waals surface area contributed by atoms with Crippen molar-refractivity contribution in [3.8, 4) is 11.3 Å². The van der Waals surface area contributed by atoms with Gasteiger partial charge in [0.25, 0.3) is 5.91 Å². The molecule has 0 bridgehead atoms. The van der Waals surface area contributed by atoms with Gasteiger partial charge in [0.1, 0.15) is 0 Å². The molecule has 2 heterocycles. The van der Waals surface area contributed by atoms with Crippen molar-refractivity contribution in [1.82, 2.24) is 5.16 Å². The summed E-state index contributed by atoms with van der Waals surface area (Å²) in [5.74, 6) is 0.280. The monoisotopic (exact) mass is 397 g/mol. The number of rotatable bonds is 4. The Kier molecular flexibility index (Phi) is 4.87. The van der Waals surface area contributed by atoms with E-state index in [0.29, 0.717) is 30.1 Å². The van der Waals surface area contributed by atoms with Crippen LogP contribution in [0.5, 0.6) is 0 Å². The van der Waals surface area contributed by atoms with E-state index in [1.165, 1.54) is 4.31 Å². The Morgan fingerprint density at radius 1 is 1.04 bits per heavy atom. The van der Waals surface area contributed by atoms with Gasteiger partial charge in [-0.2, -0.15) is 0 Å². The van der Waals surface area contributed by atoms with Crippen LogP contribution in [-0.4, -0.2) is 31.8 Å². The number of sulfonamides is 1. The molecule has 0 saturated carbocycles. The second-order valence-corrected chi connectivity index (χ2v) is 8.55. The molecule has 1 saturated heterocycles. The Balaban J connectivity index is 1.46. The van der Waals surface area contributed by atoms with E-state index in [0.717, 1.165) is 12.0 Å². The molecule has 1 amide bonds. The zero-order valence-electron chi connectivity index (χ0n) is 15.0. The van der Waals surface area contributed by atoms with E-state index >= 15 is 0 Å². The number of hydrogen-bond donors (Lipinski definition) is 1. The van der Waals surface area contributed by atoms with Crippen LogP contribution < -0.4 is 9.62 Å². The minimum atomic E-state index is -3.26. The van der Waals surface area contributed by atoms with Gasteiger partial charge < -0.3 is 9.84 Å². The highest BCUT2D eigenvalue weighted by Crippen LogP contribution is 2.25. The molecule has 0 aliphatic carbocycles. The van der Waals surface area contributed by atoms with Crippen molar-refractivity contribution in [2.45, 2.75) is 12.8 Å². The molecule has 0 atom stereocenters. The summed E-state index contributed by atoms with van der Waals surface area (Å²) in [7, 11) is -3.26. The summed E-state index contributed by atoms with van der Waals surface area (Å²) in [6.07, 6.45) is 1.53. The highest BCUT2D eigenvalue weighted by Gasteiger charge is 2.25. The highest BCUT2D eigenvalue weighted by molar-refractivity contribution is 7.92. The van der Waals surface area contributed by atoms with E-state index in [1.807, 2.05) is 30.3 Å². The quantitative estimate of drug-likeness (QED) is 0.727. The first-order valence-electron chi connectivity index (χ1n) is 8.97. The Morgan fingerprint density at radius 2 is 1.79 bits per heavy atom. The average Bonchev–Trinajstić information content (AvgIpc) is 3.20. The van der Waals surface area contributed by atoms with Crippen LogP contribution in [0, 0.1) is 0 Å². The smallest absolute Gasteiger partial charge is 0.277 e. The number of anilines is 2. The third-order valence-corrected chi connectivity index (χ3v) is 6.43. The van der Waals surface area contributed by atoms with Gasteiger partial charge in [-0.15, -0.1) is 0 Å². The van der Waals surface area contributed by atoms with Crippen molar-refractivity contribution in [1.29, 1.82) is 0 Å². The largest absolute Gasteiger partial charge is 0.355 e. The molecule has 7 nitrogen and oxygen atoms in total. The summed E-state index contributed by atoms with van der Waals surface area (Å²) >= 11 is 0. The number of carbonyl (C=O) groups is 1. The van der Waals surface area contributed by atoms with Crippen LogP contribution in [0.4, 0.5) is 11.4 Å². The highest BCUT2D eigenvalue weighted by atomic mass is 32.2. The number of aromatic nitrogens is 1. The Labute approximate surface area is 163 Å². The van der Waals surface area contributed by atoms with E-state index < -0.39 is 15.9 Å². The molecule has 4 rings (SSSR count). The maximum atomic E-state index is 12.4. The van der Waals surface area contributed by atoms with Gasteiger partial charge in [0, 0.05) is 23.9 Å². The van der Waals surface area contributed by atoms with E-state index in [-0.39, 0.29) is 11.4 Å². The van der Waals surface area contributed by atoms with Crippen LogP contribution in [0.3, 0.4) is 0 Å². The van der Waals surface area contributed by atoms with E-state index in [1.54, 1.807) is 30.3 Å². The summed E-state index contributed by atoms with van der Waals surface area (Å²) in [4.78, 5) is 12.4. The molecule has 3 aromatic rings. The molecule has 1 aromatic heterocycles. The molecule has 0 unspecified atom stereocenters. The van der Waals surface area contributed by atoms with Gasteiger partial charge in [-0.25, -0.2) is 8.42 Å². The van der Waals surface area contributed by atoms with Crippen molar-refractivity contribution in [3.63, 3.8) is 0 Å². The minimum Gasteiger partial charge on any atom is -0.355 e. The minimum absolute atomic E-state index is 0.168. The van der Waals surface area contributed by atoms with Crippen LogP contribution in [0.15, 0.2) is 65.2 Å². The standard InChI is InChI=1S/C20H19N3O4S/c24-20(18-14-19(27-22-18)15-6-2-1-3-7-15)21-16-8-10-17(11-9-16)23-12-4-5-13-28(23,25)26/h1-3,6-11,14H,4-5,12-13H2,(H,21,24). The molecule has 1 fully saturated rings. The summed E-state index contributed by atoms with van der Waals surface area (Å²) < 4.78 is 31.0. The second-order valence-electron chi connectivity index (χ2n) is 6.54. The fourth-order valence-electron chi connectivity index (χ4n) is 3.11. The van der Waals surface area contributed by atoms with E-state index in [9.17, 15) is 13.2 Å². The summed E-state index contributed by atoms with van der Waals surface area (Å²) in [6.45, 7) is 0.481. The topological polar surface area (TPSA) is 92.5 Å². The van der Waals surface area contributed by atoms with E-state index in [2.05, 4.69) is 10.5 Å². The van der Waals surface area contributed by atoms with Crippen LogP contribution in [0.1, 0.15) is 23.3 Å². The molecule has 28 heavy (non-hydrogen) atoms. The van der Waals surface area contributed by atoms with Gasteiger partial charge >= 0.3 is 0 Å². The third kappa shape index (κ3) is 3.77. The van der Waals surface area contributed by atoms with Gasteiger partial charge in [0.15, 0.2) is 11.5 Å². The Morgan fingerprint density at radius 3 is 2.50 bits per heavy atom. The number of nitrogens with one attached hydrogen (secondary N) is 1. The fourth-order valence-corrected chi connectivity index (χ4v) is 4.75. The zero-order valence-corrected chi connectivity index (χ0v) is 15.9. The molecule has 2 aromatic carbocycles. The van der Waals surface area contributed by atoms with Crippen LogP contribution in [-0.2, 0) is 10.0 Å². The molecule has 0 spiro atoms. The molecular formula is C20H19N3O4S. The molecule has 8 heteroatoms. The fraction of sp³-hybridized carbons (Fsp3) is 0.200. The summed E-state index contributed by atoms with van der Waals surface area (Å²) in [6, 6.07) is 17.7. The molecule has 0 radical (unpaired) electrons. The van der Waals surface area contributed by atoms with Gasteiger partial charge in [-0.05, 0) is 37.1 Å². The van der Waals surface area contributed by atoms with Crippen molar-refractivity contribution >= 4 is 27.3 Å². The maximum Gasteiger partial charge on any atom is 0.277 e. The Hall–Kier alpha value is -3.13. The molecule has 1 aliphatic rings. The number of benzene rings is 2. The summed E-state index contributed by atoms with van der Waals surface area (Å²) in [5, 5.41) is 6.57.